The van der Waals surface area contributed by atoms with E-state index in [1.807, 2.05) is 6.92 Å². The fourth-order valence-corrected chi connectivity index (χ4v) is 4.68. The Balaban J connectivity index is 1.51. The molecule has 1 aromatic carbocycles. The van der Waals surface area contributed by atoms with Crippen molar-refractivity contribution >= 4 is 22.9 Å². The number of rotatable bonds is 6. The van der Waals surface area contributed by atoms with Crippen LogP contribution >= 0.6 is 11.3 Å². The maximum atomic E-state index is 12.9. The molecule has 0 spiro atoms. The second-order valence-corrected chi connectivity index (χ2v) is 7.93. The molecule has 1 aliphatic heterocycles. The molecule has 5 nitrogen and oxygen atoms in total. The normalized spacial score (nSPS) is 16.1. The summed E-state index contributed by atoms with van der Waals surface area (Å²) in [7, 11) is 0. The van der Waals surface area contributed by atoms with Crippen molar-refractivity contribution in [1.29, 1.82) is 0 Å². The number of alkyl halides is 2. The lowest BCUT2D eigenvalue weighted by atomic mass is 9.97. The third kappa shape index (κ3) is 3.98. The summed E-state index contributed by atoms with van der Waals surface area (Å²) in [6.07, 6.45) is 2.84. The number of fused-ring (bicyclic) bond motifs is 1. The van der Waals surface area contributed by atoms with Crippen molar-refractivity contribution in [3.63, 3.8) is 0 Å². The fraction of sp³-hybridized carbons (Fsp3) is 0.286. The number of carbonyl (C=O) groups excluding carboxylic acids is 2. The molecule has 0 aliphatic carbocycles. The monoisotopic (exact) mass is 416 g/mol. The highest BCUT2D eigenvalue weighted by atomic mass is 32.1. The molecule has 0 bridgehead atoms. The van der Waals surface area contributed by atoms with Gasteiger partial charge in [-0.05, 0) is 55.3 Å². The van der Waals surface area contributed by atoms with Gasteiger partial charge < -0.3 is 9.30 Å². The fourth-order valence-electron chi connectivity index (χ4n) is 3.60. The smallest absolute Gasteiger partial charge is 0.387 e. The molecular formula is C21H18F2N2O3S. The number of nitrogens with zero attached hydrogens (tertiary/aromatic N) is 2. The highest BCUT2D eigenvalue weighted by Gasteiger charge is 2.30. The minimum atomic E-state index is -2.86. The van der Waals surface area contributed by atoms with Crippen LogP contribution in [-0.2, 0) is 11.2 Å². The van der Waals surface area contributed by atoms with E-state index in [2.05, 4.69) is 9.72 Å². The van der Waals surface area contributed by atoms with E-state index in [1.54, 1.807) is 35.0 Å². The largest absolute Gasteiger partial charge is 0.435 e. The van der Waals surface area contributed by atoms with E-state index in [9.17, 15) is 18.4 Å². The second kappa shape index (κ2) is 7.87. The number of ether oxygens (including phenoxy) is 1. The Morgan fingerprint density at radius 3 is 2.79 bits per heavy atom. The molecule has 150 valence electrons. The molecule has 0 radical (unpaired) electrons. The number of Topliss-reactive ketones (excluding diaryl/α,β-unsaturated/α-hetero) is 2. The number of hydrogen-bond acceptors (Lipinski definition) is 5. The number of aryl methyl sites for hydroxylation is 1. The Morgan fingerprint density at radius 2 is 2.07 bits per heavy atom. The number of halogens is 2. The van der Waals surface area contributed by atoms with Crippen molar-refractivity contribution in [3.05, 3.63) is 59.0 Å². The lowest BCUT2D eigenvalue weighted by molar-refractivity contribution is -0.121. The Labute approximate surface area is 170 Å². The molecule has 2 aromatic heterocycles. The maximum absolute atomic E-state index is 12.9. The van der Waals surface area contributed by atoms with Gasteiger partial charge in [0, 0.05) is 12.6 Å². The van der Waals surface area contributed by atoms with Gasteiger partial charge in [0.2, 0.25) is 0 Å². The van der Waals surface area contributed by atoms with Crippen LogP contribution in [0.5, 0.6) is 5.75 Å². The summed E-state index contributed by atoms with van der Waals surface area (Å²) in [6, 6.07) is 9.54. The van der Waals surface area contributed by atoms with Gasteiger partial charge in [-0.2, -0.15) is 8.78 Å². The maximum Gasteiger partial charge on any atom is 0.387 e. The van der Waals surface area contributed by atoms with Gasteiger partial charge in [0.05, 0.1) is 28.7 Å². The molecule has 29 heavy (non-hydrogen) atoms. The zero-order chi connectivity index (χ0) is 20.5. The van der Waals surface area contributed by atoms with Gasteiger partial charge in [0.25, 0.3) is 0 Å². The second-order valence-electron chi connectivity index (χ2n) is 6.85. The van der Waals surface area contributed by atoms with E-state index < -0.39 is 6.61 Å². The quantitative estimate of drug-likeness (QED) is 0.576. The van der Waals surface area contributed by atoms with Crippen LogP contribution in [0.3, 0.4) is 0 Å². The summed E-state index contributed by atoms with van der Waals surface area (Å²) < 4.78 is 30.7. The van der Waals surface area contributed by atoms with E-state index in [1.165, 1.54) is 23.5 Å². The third-order valence-corrected chi connectivity index (χ3v) is 6.13. The topological polar surface area (TPSA) is 61.2 Å². The van der Waals surface area contributed by atoms with Gasteiger partial charge >= 0.3 is 6.61 Å². The van der Waals surface area contributed by atoms with Gasteiger partial charge in [0.15, 0.2) is 11.6 Å². The SMILES string of the molecule is Cc1nc(CC(=O)C2CCC(=O)c3cccn32)sc1-c1ccc(OC(F)F)cc1. The van der Waals surface area contributed by atoms with E-state index in [0.717, 1.165) is 16.1 Å². The van der Waals surface area contributed by atoms with Crippen LogP contribution in [0.15, 0.2) is 42.6 Å². The summed E-state index contributed by atoms with van der Waals surface area (Å²) in [6.45, 7) is -1.01. The van der Waals surface area contributed by atoms with Gasteiger partial charge in [-0.3, -0.25) is 9.59 Å². The first-order valence-corrected chi connectivity index (χ1v) is 9.98. The van der Waals surface area contributed by atoms with E-state index in [-0.39, 0.29) is 29.8 Å². The lowest BCUT2D eigenvalue weighted by Gasteiger charge is -2.24. The van der Waals surface area contributed by atoms with Gasteiger partial charge in [-0.25, -0.2) is 4.98 Å². The van der Waals surface area contributed by atoms with Crippen LogP contribution in [0.1, 0.15) is 40.1 Å². The van der Waals surface area contributed by atoms with Crippen molar-refractivity contribution in [2.24, 2.45) is 0 Å². The van der Waals surface area contributed by atoms with Gasteiger partial charge in [-0.1, -0.05) is 0 Å². The minimum absolute atomic E-state index is 0.0240. The van der Waals surface area contributed by atoms with E-state index >= 15 is 0 Å². The van der Waals surface area contributed by atoms with Crippen molar-refractivity contribution in [1.82, 2.24) is 9.55 Å². The molecule has 0 fully saturated rings. The highest BCUT2D eigenvalue weighted by Crippen LogP contribution is 2.33. The molecule has 8 heteroatoms. The average molecular weight is 416 g/mol. The van der Waals surface area contributed by atoms with Crippen LogP contribution in [0.25, 0.3) is 10.4 Å². The number of hydrogen-bond donors (Lipinski definition) is 0. The standard InChI is InChI=1S/C21H18F2N2O3S/c1-12-20(13-4-6-14(7-5-13)28-21(22)23)29-19(24-12)11-18(27)16-8-9-17(26)15-3-2-10-25(15)16/h2-7,10,16,21H,8-9,11H2,1H3. The Kier molecular flexibility index (Phi) is 5.27. The lowest BCUT2D eigenvalue weighted by Crippen LogP contribution is -2.28. The Morgan fingerprint density at radius 1 is 1.31 bits per heavy atom. The molecule has 3 aromatic rings. The van der Waals surface area contributed by atoms with Gasteiger partial charge in [-0.15, -0.1) is 11.3 Å². The van der Waals surface area contributed by atoms with Crippen LogP contribution in [0.2, 0.25) is 0 Å². The molecule has 1 unspecified atom stereocenters. The van der Waals surface area contributed by atoms with Crippen LogP contribution in [-0.4, -0.2) is 27.7 Å². The predicted molar refractivity (Wildman–Crippen MR) is 105 cm³/mol. The number of benzene rings is 1. The zero-order valence-corrected chi connectivity index (χ0v) is 16.4. The van der Waals surface area contributed by atoms with Crippen LogP contribution in [0.4, 0.5) is 8.78 Å². The molecule has 3 heterocycles. The molecule has 0 amide bonds. The van der Waals surface area contributed by atoms with Crippen molar-refractivity contribution < 1.29 is 23.1 Å². The summed E-state index contributed by atoms with van der Waals surface area (Å²) in [4.78, 5) is 30.3. The summed E-state index contributed by atoms with van der Waals surface area (Å²) in [5.74, 6) is 0.178. The molecule has 1 aliphatic rings. The number of aromatic nitrogens is 2. The highest BCUT2D eigenvalue weighted by molar-refractivity contribution is 7.15. The molecular weight excluding hydrogens is 398 g/mol. The van der Waals surface area contributed by atoms with Crippen molar-refractivity contribution in [2.45, 2.75) is 38.8 Å². The first-order chi connectivity index (χ1) is 13.9. The summed E-state index contributed by atoms with van der Waals surface area (Å²) in [5.41, 5.74) is 2.19. The number of carbonyl (C=O) groups is 2. The molecule has 0 saturated carbocycles. The van der Waals surface area contributed by atoms with E-state index in [4.69, 9.17) is 0 Å². The number of thiazole rings is 1. The molecule has 0 saturated heterocycles. The minimum Gasteiger partial charge on any atom is -0.435 e. The summed E-state index contributed by atoms with van der Waals surface area (Å²) in [5, 5.41) is 0.695. The van der Waals surface area contributed by atoms with Gasteiger partial charge in [0.1, 0.15) is 10.8 Å². The first-order valence-electron chi connectivity index (χ1n) is 9.16. The zero-order valence-electron chi connectivity index (χ0n) is 15.6. The third-order valence-electron chi connectivity index (χ3n) is 4.92. The van der Waals surface area contributed by atoms with Crippen LogP contribution < -0.4 is 4.74 Å². The van der Waals surface area contributed by atoms with Crippen LogP contribution in [0, 0.1) is 6.92 Å². The first kappa shape index (κ1) is 19.4. The molecule has 1 atom stereocenters. The summed E-state index contributed by atoms with van der Waals surface area (Å²) >= 11 is 1.41. The Bertz CT molecular complexity index is 1060. The number of ketones is 2. The predicted octanol–water partition coefficient (Wildman–Crippen LogP) is 4.85. The Hall–Kier alpha value is -2.87. The van der Waals surface area contributed by atoms with Crippen molar-refractivity contribution in [3.8, 4) is 16.2 Å². The molecule has 0 N–H and O–H groups in total. The van der Waals surface area contributed by atoms with E-state index in [0.29, 0.717) is 23.5 Å². The average Bonchev–Trinajstić information content (AvgIpc) is 3.30. The van der Waals surface area contributed by atoms with Crippen molar-refractivity contribution in [2.75, 3.05) is 0 Å². The molecule has 4 rings (SSSR count).